The van der Waals surface area contributed by atoms with Crippen LogP contribution in [0.3, 0.4) is 0 Å². The number of benzene rings is 8. The van der Waals surface area contributed by atoms with Gasteiger partial charge in [-0.15, -0.1) is 0 Å². The SMILES string of the molecule is Cc1c(C)c(N(C2=CC=C3C(=Cc4ccccc43)C23C=CC=C2C3=Cc3ccccc32)c2ccccc2-c2ccccc2)c2c(c1-c1cccc3ccccc13)-c1ccccc1C2. The molecule has 0 saturated carbocycles. The van der Waals surface area contributed by atoms with Crippen LogP contribution < -0.4 is 4.90 Å². The number of rotatable bonds is 5. The molecule has 1 unspecified atom stereocenters. The van der Waals surface area contributed by atoms with Gasteiger partial charge in [-0.25, -0.2) is 0 Å². The van der Waals surface area contributed by atoms with E-state index >= 15 is 0 Å². The Balaban J connectivity index is 1.16. The number of para-hydroxylation sites is 1. The van der Waals surface area contributed by atoms with Gasteiger partial charge in [0.2, 0.25) is 0 Å². The molecular formula is C62H43N. The Kier molecular flexibility index (Phi) is 7.78. The molecule has 0 amide bonds. The summed E-state index contributed by atoms with van der Waals surface area (Å²) in [6, 6.07) is 62.8. The average Bonchev–Trinajstić information content (AvgIpc) is 4.04. The van der Waals surface area contributed by atoms with Crippen molar-refractivity contribution in [2.45, 2.75) is 20.3 Å². The summed E-state index contributed by atoms with van der Waals surface area (Å²) >= 11 is 0. The summed E-state index contributed by atoms with van der Waals surface area (Å²) in [6.45, 7) is 4.75. The van der Waals surface area contributed by atoms with Crippen molar-refractivity contribution < 1.29 is 0 Å². The Labute approximate surface area is 369 Å². The molecule has 0 radical (unpaired) electrons. The molecule has 296 valence electrons. The highest BCUT2D eigenvalue weighted by Crippen LogP contribution is 2.65. The van der Waals surface area contributed by atoms with Gasteiger partial charge in [-0.05, 0) is 144 Å². The molecule has 13 rings (SSSR count). The van der Waals surface area contributed by atoms with Crippen LogP contribution in [0.4, 0.5) is 11.4 Å². The van der Waals surface area contributed by atoms with Crippen molar-refractivity contribution in [3.63, 3.8) is 0 Å². The predicted octanol–water partition coefficient (Wildman–Crippen LogP) is 15.9. The lowest BCUT2D eigenvalue weighted by molar-refractivity contribution is 0.676. The monoisotopic (exact) mass is 801 g/mol. The van der Waals surface area contributed by atoms with Crippen molar-refractivity contribution in [1.29, 1.82) is 0 Å². The highest BCUT2D eigenvalue weighted by Gasteiger charge is 2.51. The van der Waals surface area contributed by atoms with Crippen LogP contribution in [0.2, 0.25) is 0 Å². The molecule has 1 spiro atoms. The molecule has 0 saturated heterocycles. The van der Waals surface area contributed by atoms with E-state index in [4.69, 9.17) is 0 Å². The number of fused-ring (bicyclic) bond motifs is 12. The van der Waals surface area contributed by atoms with Gasteiger partial charge in [0.05, 0.1) is 16.8 Å². The largest absolute Gasteiger partial charge is 0.311 e. The molecule has 0 aliphatic heterocycles. The molecule has 1 heteroatoms. The second-order valence-corrected chi connectivity index (χ2v) is 17.6. The van der Waals surface area contributed by atoms with E-state index in [1.165, 1.54) is 128 Å². The molecule has 0 aromatic heterocycles. The fourth-order valence-electron chi connectivity index (χ4n) is 11.6. The first-order valence-electron chi connectivity index (χ1n) is 22.2. The zero-order chi connectivity index (χ0) is 41.8. The molecule has 5 aliphatic carbocycles. The average molecular weight is 802 g/mol. The zero-order valence-corrected chi connectivity index (χ0v) is 35.4. The molecule has 5 aliphatic rings. The van der Waals surface area contributed by atoms with Gasteiger partial charge in [0.25, 0.3) is 0 Å². The van der Waals surface area contributed by atoms with E-state index in [-0.39, 0.29) is 0 Å². The molecule has 8 aromatic carbocycles. The van der Waals surface area contributed by atoms with E-state index in [0.29, 0.717) is 0 Å². The van der Waals surface area contributed by atoms with Crippen LogP contribution in [0, 0.1) is 19.3 Å². The van der Waals surface area contributed by atoms with Gasteiger partial charge in [0.15, 0.2) is 0 Å². The van der Waals surface area contributed by atoms with Gasteiger partial charge >= 0.3 is 0 Å². The number of nitrogens with zero attached hydrogens (tertiary/aromatic N) is 1. The fraction of sp³-hybridized carbons (Fsp3) is 0.0645. The van der Waals surface area contributed by atoms with Crippen molar-refractivity contribution in [3.8, 4) is 33.4 Å². The van der Waals surface area contributed by atoms with Crippen LogP contribution in [-0.4, -0.2) is 0 Å². The van der Waals surface area contributed by atoms with Crippen LogP contribution >= 0.6 is 0 Å². The second-order valence-electron chi connectivity index (χ2n) is 17.6. The second kappa shape index (κ2) is 13.6. The van der Waals surface area contributed by atoms with Gasteiger partial charge in [0, 0.05) is 17.7 Å². The number of hydrogen-bond donors (Lipinski definition) is 0. The minimum atomic E-state index is -0.622. The first-order valence-corrected chi connectivity index (χ1v) is 22.2. The molecule has 1 atom stereocenters. The van der Waals surface area contributed by atoms with Gasteiger partial charge in [-0.3, -0.25) is 0 Å². The fourth-order valence-corrected chi connectivity index (χ4v) is 11.6. The Morgan fingerprint density at radius 1 is 0.476 bits per heavy atom. The molecule has 0 bridgehead atoms. The number of anilines is 2. The number of hydrogen-bond acceptors (Lipinski definition) is 1. The molecule has 0 fully saturated rings. The van der Waals surface area contributed by atoms with Crippen LogP contribution in [0.5, 0.6) is 0 Å². The first kappa shape index (κ1) is 36.0. The topological polar surface area (TPSA) is 3.24 Å². The van der Waals surface area contributed by atoms with Crippen molar-refractivity contribution in [1.82, 2.24) is 0 Å². The van der Waals surface area contributed by atoms with Crippen LogP contribution in [0.15, 0.2) is 217 Å². The van der Waals surface area contributed by atoms with E-state index in [2.05, 4.69) is 231 Å². The van der Waals surface area contributed by atoms with Crippen LogP contribution in [-0.2, 0) is 6.42 Å². The minimum Gasteiger partial charge on any atom is -0.311 e. The molecule has 0 N–H and O–H groups in total. The Bertz CT molecular complexity index is 3460. The maximum atomic E-state index is 2.70. The summed E-state index contributed by atoms with van der Waals surface area (Å²) in [5.74, 6) is 0. The molecule has 0 heterocycles. The third-order valence-corrected chi connectivity index (χ3v) is 14.5. The Morgan fingerprint density at radius 2 is 1.08 bits per heavy atom. The molecular weight excluding hydrogens is 759 g/mol. The zero-order valence-electron chi connectivity index (χ0n) is 35.4. The summed E-state index contributed by atoms with van der Waals surface area (Å²) in [4.78, 5) is 2.70. The predicted molar refractivity (Wildman–Crippen MR) is 266 cm³/mol. The van der Waals surface area contributed by atoms with Crippen LogP contribution in [0.25, 0.3) is 67.5 Å². The molecule has 8 aromatic rings. The lowest BCUT2D eigenvalue weighted by Gasteiger charge is -2.47. The summed E-state index contributed by atoms with van der Waals surface area (Å²) in [7, 11) is 0. The lowest BCUT2D eigenvalue weighted by Crippen LogP contribution is -2.38. The Morgan fingerprint density at radius 3 is 1.86 bits per heavy atom. The van der Waals surface area contributed by atoms with E-state index in [9.17, 15) is 0 Å². The summed E-state index contributed by atoms with van der Waals surface area (Å²) in [6.07, 6.45) is 17.9. The Hall–Kier alpha value is -7.74. The van der Waals surface area contributed by atoms with Crippen molar-refractivity contribution in [3.05, 3.63) is 262 Å². The van der Waals surface area contributed by atoms with Crippen molar-refractivity contribution in [2.75, 3.05) is 4.90 Å². The minimum absolute atomic E-state index is 0.622. The number of allylic oxidation sites excluding steroid dienone is 7. The van der Waals surface area contributed by atoms with Gasteiger partial charge in [-0.1, -0.05) is 188 Å². The van der Waals surface area contributed by atoms with E-state index in [0.717, 1.165) is 6.42 Å². The summed E-state index contributed by atoms with van der Waals surface area (Å²) in [5.41, 5.74) is 26.5. The maximum Gasteiger partial charge on any atom is 0.0803 e. The standard InChI is InChI=1S/C62H43N/c1-39-40(2)61(54-36-43-21-9-13-29-50(43)60(54)59(39)53-30-16-24-41-20-6-10-25-46(41)53)63(57-32-15-14-28-49(57)42-18-4-3-5-19-42)58-34-33-52-48-27-12-8-23-45(48)38-56(52)62(58)35-17-31-51-47-26-11-7-22-44(47)37-55(51)62/h3-35,37-38H,36H2,1-2H3. The van der Waals surface area contributed by atoms with Crippen molar-refractivity contribution in [2.24, 2.45) is 5.41 Å². The van der Waals surface area contributed by atoms with Gasteiger partial charge in [-0.2, -0.15) is 0 Å². The molecule has 1 nitrogen and oxygen atoms in total. The third-order valence-electron chi connectivity index (χ3n) is 14.5. The normalized spacial score (nSPS) is 17.1. The van der Waals surface area contributed by atoms with E-state index < -0.39 is 5.41 Å². The highest BCUT2D eigenvalue weighted by atomic mass is 15.2. The first-order chi connectivity index (χ1) is 31.1. The van der Waals surface area contributed by atoms with Crippen LogP contribution in [0.1, 0.15) is 44.5 Å². The van der Waals surface area contributed by atoms with E-state index in [1.54, 1.807) is 0 Å². The van der Waals surface area contributed by atoms with Gasteiger partial charge < -0.3 is 4.90 Å². The quantitative estimate of drug-likeness (QED) is 0.168. The van der Waals surface area contributed by atoms with Gasteiger partial charge in [0.1, 0.15) is 0 Å². The molecule has 63 heavy (non-hydrogen) atoms. The highest BCUT2D eigenvalue weighted by molar-refractivity contribution is 6.09. The van der Waals surface area contributed by atoms with Crippen molar-refractivity contribution >= 4 is 45.4 Å². The maximum absolute atomic E-state index is 2.70. The summed E-state index contributed by atoms with van der Waals surface area (Å²) in [5, 5.41) is 2.54. The van der Waals surface area contributed by atoms with E-state index in [1.807, 2.05) is 0 Å². The summed E-state index contributed by atoms with van der Waals surface area (Å²) < 4.78 is 0. The third kappa shape index (κ3) is 5.05. The lowest BCUT2D eigenvalue weighted by atomic mass is 9.63. The smallest absolute Gasteiger partial charge is 0.0803 e.